The highest BCUT2D eigenvalue weighted by Crippen LogP contribution is 2.29. The molecule has 1 unspecified atom stereocenters. The van der Waals surface area contributed by atoms with E-state index in [9.17, 15) is 9.90 Å². The molecule has 0 saturated heterocycles. The fourth-order valence-corrected chi connectivity index (χ4v) is 3.72. The Hall–Kier alpha value is -1.00. The molecule has 3 nitrogen and oxygen atoms in total. The normalized spacial score (nSPS) is 17.0. The zero-order valence-corrected chi connectivity index (χ0v) is 13.2. The summed E-state index contributed by atoms with van der Waals surface area (Å²) in [7, 11) is 0. The molecular formula is C16H23NO2S. The molecular weight excluding hydrogens is 270 g/mol. The summed E-state index contributed by atoms with van der Waals surface area (Å²) in [5, 5.41) is 12.6. The van der Waals surface area contributed by atoms with Crippen molar-refractivity contribution < 1.29 is 9.90 Å². The maximum Gasteiger partial charge on any atom is 0.324 e. The molecule has 1 aromatic carbocycles. The first-order valence-electron chi connectivity index (χ1n) is 7.16. The van der Waals surface area contributed by atoms with Gasteiger partial charge < -0.3 is 5.11 Å². The van der Waals surface area contributed by atoms with Crippen molar-refractivity contribution in [1.29, 1.82) is 0 Å². The van der Waals surface area contributed by atoms with Crippen LogP contribution in [0.15, 0.2) is 23.1 Å². The summed E-state index contributed by atoms with van der Waals surface area (Å²) >= 11 is 1.62. The van der Waals surface area contributed by atoms with Crippen molar-refractivity contribution in [1.82, 2.24) is 5.32 Å². The number of carboxylic acids is 1. The van der Waals surface area contributed by atoms with Crippen LogP contribution >= 0.6 is 11.8 Å². The highest BCUT2D eigenvalue weighted by molar-refractivity contribution is 7.99. The van der Waals surface area contributed by atoms with Gasteiger partial charge in [0.15, 0.2) is 0 Å². The van der Waals surface area contributed by atoms with E-state index in [4.69, 9.17) is 0 Å². The van der Waals surface area contributed by atoms with E-state index in [1.807, 2.05) is 13.8 Å². The number of rotatable bonds is 6. The molecule has 2 N–H and O–H groups in total. The van der Waals surface area contributed by atoms with Gasteiger partial charge in [-0.3, -0.25) is 10.1 Å². The van der Waals surface area contributed by atoms with E-state index in [2.05, 4.69) is 23.5 Å². The zero-order chi connectivity index (χ0) is 14.8. The minimum absolute atomic E-state index is 0.150. The van der Waals surface area contributed by atoms with Crippen molar-refractivity contribution in [3.8, 4) is 0 Å². The molecule has 0 amide bonds. The lowest BCUT2D eigenvalue weighted by molar-refractivity contribution is -0.143. The molecule has 0 spiro atoms. The van der Waals surface area contributed by atoms with Crippen LogP contribution in [-0.4, -0.2) is 28.4 Å². The Labute approximate surface area is 125 Å². The van der Waals surface area contributed by atoms with Gasteiger partial charge in [-0.1, -0.05) is 6.07 Å². The average Bonchev–Trinajstić information content (AvgIpc) is 2.82. The molecule has 0 aromatic heterocycles. The van der Waals surface area contributed by atoms with Gasteiger partial charge in [-0.05, 0) is 63.3 Å². The Morgan fingerprint density at radius 2 is 2.10 bits per heavy atom. The predicted octanol–water partition coefficient (Wildman–Crippen LogP) is 3.11. The lowest BCUT2D eigenvalue weighted by Gasteiger charge is -2.28. The van der Waals surface area contributed by atoms with Gasteiger partial charge in [0.25, 0.3) is 0 Å². The van der Waals surface area contributed by atoms with Crippen molar-refractivity contribution in [2.24, 2.45) is 0 Å². The fourth-order valence-electron chi connectivity index (χ4n) is 2.67. The number of carboxylic acid groups (broad SMARTS) is 1. The van der Waals surface area contributed by atoms with Crippen molar-refractivity contribution in [2.45, 2.75) is 56.5 Å². The van der Waals surface area contributed by atoms with E-state index >= 15 is 0 Å². The Kier molecular flexibility index (Phi) is 4.76. The minimum Gasteiger partial charge on any atom is -0.480 e. The molecule has 1 aliphatic carbocycles. The van der Waals surface area contributed by atoms with Crippen LogP contribution in [0.4, 0.5) is 0 Å². The monoisotopic (exact) mass is 293 g/mol. The summed E-state index contributed by atoms with van der Waals surface area (Å²) in [4.78, 5) is 12.7. The average molecular weight is 293 g/mol. The maximum absolute atomic E-state index is 11.5. The van der Waals surface area contributed by atoms with E-state index < -0.39 is 11.5 Å². The van der Waals surface area contributed by atoms with Crippen LogP contribution < -0.4 is 5.32 Å². The largest absolute Gasteiger partial charge is 0.480 e. The standard InChI is InChI=1S/C16H23NO2S/c1-11(2)17-16(3,15(18)19)10-20-14-8-7-12-5-4-6-13(12)9-14/h7-9,11,17H,4-6,10H2,1-3H3,(H,18,19). The van der Waals surface area contributed by atoms with Crippen molar-refractivity contribution >= 4 is 17.7 Å². The van der Waals surface area contributed by atoms with Gasteiger partial charge in [-0.2, -0.15) is 0 Å². The van der Waals surface area contributed by atoms with E-state index in [1.165, 1.54) is 28.9 Å². The van der Waals surface area contributed by atoms with E-state index in [1.54, 1.807) is 18.7 Å². The molecule has 110 valence electrons. The first-order chi connectivity index (χ1) is 9.40. The van der Waals surface area contributed by atoms with Gasteiger partial charge in [0.1, 0.15) is 5.54 Å². The second kappa shape index (κ2) is 6.19. The Balaban J connectivity index is 2.04. The number of aliphatic carboxylic acids is 1. The first kappa shape index (κ1) is 15.4. The SMILES string of the molecule is CC(C)NC(C)(CSc1ccc2c(c1)CCC2)C(=O)O. The number of fused-ring (bicyclic) bond motifs is 1. The van der Waals surface area contributed by atoms with E-state index in [0.29, 0.717) is 5.75 Å². The molecule has 0 radical (unpaired) electrons. The molecule has 2 rings (SSSR count). The topological polar surface area (TPSA) is 49.3 Å². The van der Waals surface area contributed by atoms with Crippen LogP contribution in [0.1, 0.15) is 38.3 Å². The predicted molar refractivity (Wildman–Crippen MR) is 83.5 cm³/mol. The van der Waals surface area contributed by atoms with Crippen LogP contribution in [0.5, 0.6) is 0 Å². The molecule has 1 aromatic rings. The van der Waals surface area contributed by atoms with Crippen LogP contribution in [0.3, 0.4) is 0 Å². The molecule has 0 bridgehead atoms. The summed E-state index contributed by atoms with van der Waals surface area (Å²) in [5.74, 6) is -0.265. The Morgan fingerprint density at radius 1 is 1.40 bits per heavy atom. The number of aryl methyl sites for hydroxylation is 2. The summed E-state index contributed by atoms with van der Waals surface area (Å²) in [6, 6.07) is 6.69. The highest BCUT2D eigenvalue weighted by Gasteiger charge is 2.33. The summed E-state index contributed by atoms with van der Waals surface area (Å²) in [5.41, 5.74) is 2.00. The lowest BCUT2D eigenvalue weighted by Crippen LogP contribution is -2.54. The molecule has 1 atom stereocenters. The van der Waals surface area contributed by atoms with E-state index in [-0.39, 0.29) is 6.04 Å². The van der Waals surface area contributed by atoms with Crippen LogP contribution in [-0.2, 0) is 17.6 Å². The van der Waals surface area contributed by atoms with Gasteiger partial charge >= 0.3 is 5.97 Å². The minimum atomic E-state index is -0.891. The molecule has 0 heterocycles. The highest BCUT2D eigenvalue weighted by atomic mass is 32.2. The smallest absolute Gasteiger partial charge is 0.324 e. The second-order valence-electron chi connectivity index (χ2n) is 6.01. The van der Waals surface area contributed by atoms with Crippen molar-refractivity contribution in [2.75, 3.05) is 5.75 Å². The molecule has 0 saturated carbocycles. The number of thioether (sulfide) groups is 1. The van der Waals surface area contributed by atoms with Crippen LogP contribution in [0.25, 0.3) is 0 Å². The van der Waals surface area contributed by atoms with Crippen molar-refractivity contribution in [3.05, 3.63) is 29.3 Å². The fraction of sp³-hybridized carbons (Fsp3) is 0.562. The van der Waals surface area contributed by atoms with E-state index in [0.717, 1.165) is 6.42 Å². The van der Waals surface area contributed by atoms with Gasteiger partial charge in [0.2, 0.25) is 0 Å². The van der Waals surface area contributed by atoms with Crippen molar-refractivity contribution in [3.63, 3.8) is 0 Å². The molecule has 0 fully saturated rings. The third kappa shape index (κ3) is 3.55. The molecule has 0 aliphatic heterocycles. The van der Waals surface area contributed by atoms with Gasteiger partial charge in [-0.25, -0.2) is 0 Å². The second-order valence-corrected chi connectivity index (χ2v) is 7.06. The maximum atomic E-state index is 11.5. The Bertz CT molecular complexity index is 501. The quantitative estimate of drug-likeness (QED) is 0.791. The molecule has 20 heavy (non-hydrogen) atoms. The number of nitrogens with one attached hydrogen (secondary N) is 1. The van der Waals surface area contributed by atoms with Crippen LogP contribution in [0.2, 0.25) is 0 Å². The number of benzene rings is 1. The third-order valence-corrected chi connectivity index (χ3v) is 4.99. The molecule has 4 heteroatoms. The van der Waals surface area contributed by atoms with Crippen LogP contribution in [0, 0.1) is 0 Å². The number of carbonyl (C=O) groups is 1. The van der Waals surface area contributed by atoms with Gasteiger partial charge in [0.05, 0.1) is 0 Å². The summed E-state index contributed by atoms with van der Waals surface area (Å²) in [6.45, 7) is 5.71. The number of hydrogen-bond donors (Lipinski definition) is 2. The molecule has 1 aliphatic rings. The third-order valence-electron chi connectivity index (χ3n) is 3.68. The first-order valence-corrected chi connectivity index (χ1v) is 8.15. The van der Waals surface area contributed by atoms with Gasteiger partial charge in [0, 0.05) is 16.7 Å². The summed E-state index contributed by atoms with van der Waals surface area (Å²) < 4.78 is 0. The Morgan fingerprint density at radius 3 is 2.75 bits per heavy atom. The zero-order valence-electron chi connectivity index (χ0n) is 12.4. The summed E-state index contributed by atoms with van der Waals surface area (Å²) in [6.07, 6.45) is 3.58. The number of hydrogen-bond acceptors (Lipinski definition) is 3. The lowest BCUT2D eigenvalue weighted by atomic mass is 10.1. The van der Waals surface area contributed by atoms with Gasteiger partial charge in [-0.15, -0.1) is 11.8 Å².